The van der Waals surface area contributed by atoms with Crippen LogP contribution in [0.25, 0.3) is 0 Å². The number of likely N-dealkylation sites (tertiary alicyclic amines) is 1. The first kappa shape index (κ1) is 23.4. The number of pyridine rings is 1. The maximum atomic E-state index is 14.3. The molecule has 7 nitrogen and oxygen atoms in total. The van der Waals surface area contributed by atoms with Crippen LogP contribution in [0, 0.1) is 5.82 Å². The van der Waals surface area contributed by atoms with E-state index in [-0.39, 0.29) is 23.1 Å². The fourth-order valence-electron chi connectivity index (χ4n) is 3.93. The number of rotatable bonds is 6. The Morgan fingerprint density at radius 2 is 1.97 bits per heavy atom. The van der Waals surface area contributed by atoms with Crippen molar-refractivity contribution in [1.82, 2.24) is 19.9 Å². The van der Waals surface area contributed by atoms with Crippen molar-refractivity contribution in [3.05, 3.63) is 76.3 Å². The minimum Gasteiger partial charge on any atom is -0.379 e. The van der Waals surface area contributed by atoms with Crippen molar-refractivity contribution in [3.8, 4) is 0 Å². The number of anilines is 2. The monoisotopic (exact) mass is 488 g/mol. The van der Waals surface area contributed by atoms with Gasteiger partial charge >= 0.3 is 0 Å². The lowest BCUT2D eigenvalue weighted by molar-refractivity contribution is 0.102. The number of nitrogens with one attached hydrogen (secondary N) is 2. The summed E-state index contributed by atoms with van der Waals surface area (Å²) < 4.78 is 14.3. The van der Waals surface area contributed by atoms with E-state index >= 15 is 0 Å². The van der Waals surface area contributed by atoms with E-state index < -0.39 is 5.82 Å². The first-order valence-electron chi connectivity index (χ1n) is 10.6. The second-order valence-corrected chi connectivity index (χ2v) is 8.62. The average molecular weight is 489 g/mol. The van der Waals surface area contributed by atoms with Gasteiger partial charge in [0.2, 0.25) is 0 Å². The number of benzene rings is 1. The maximum absolute atomic E-state index is 14.3. The molecule has 1 atom stereocenters. The van der Waals surface area contributed by atoms with E-state index in [1.807, 2.05) is 6.92 Å². The number of hydrogen-bond acceptors (Lipinski definition) is 6. The van der Waals surface area contributed by atoms with Crippen LogP contribution in [0.2, 0.25) is 10.2 Å². The summed E-state index contributed by atoms with van der Waals surface area (Å²) in [5.41, 5.74) is 2.04. The molecule has 0 radical (unpaired) electrons. The first-order valence-corrected chi connectivity index (χ1v) is 11.4. The van der Waals surface area contributed by atoms with Crippen molar-refractivity contribution in [2.24, 2.45) is 0 Å². The Morgan fingerprint density at radius 1 is 1.18 bits per heavy atom. The molecule has 1 aromatic carbocycles. The van der Waals surface area contributed by atoms with Crippen LogP contribution in [-0.4, -0.2) is 44.9 Å². The van der Waals surface area contributed by atoms with Gasteiger partial charge in [-0.2, -0.15) is 0 Å². The van der Waals surface area contributed by atoms with Gasteiger partial charge in [-0.1, -0.05) is 29.3 Å². The number of aromatic nitrogens is 3. The van der Waals surface area contributed by atoms with Crippen LogP contribution in [0.4, 0.5) is 15.8 Å². The van der Waals surface area contributed by atoms with Gasteiger partial charge in [0.05, 0.1) is 33.7 Å². The zero-order valence-corrected chi connectivity index (χ0v) is 19.4. The minimum absolute atomic E-state index is 0.140. The molecule has 1 fully saturated rings. The van der Waals surface area contributed by atoms with Gasteiger partial charge in [-0.25, -0.2) is 14.4 Å². The highest BCUT2D eigenvalue weighted by Crippen LogP contribution is 2.33. The van der Waals surface area contributed by atoms with Crippen molar-refractivity contribution in [2.75, 3.05) is 23.7 Å². The van der Waals surface area contributed by atoms with Crippen LogP contribution >= 0.6 is 23.2 Å². The Hall–Kier alpha value is -2.81. The molecule has 172 valence electrons. The lowest BCUT2D eigenvalue weighted by atomic mass is 10.0. The number of amides is 1. The standard InChI is InChI=1S/C23H23Cl2FN6O/c1-14(20-19(26)22(25)29-13-28-20)32-10-7-16(8-11-32)30-21-17(24)5-2-6-18(21)31-23(33)15-4-3-9-27-12-15/h2-6,9,12-14,16,30H,7-8,10-11H2,1H3,(H,31,33). The molecular weight excluding hydrogens is 466 g/mol. The molecule has 10 heteroatoms. The first-order chi connectivity index (χ1) is 15.9. The minimum atomic E-state index is -0.572. The number of hydrogen-bond donors (Lipinski definition) is 2. The quantitative estimate of drug-likeness (QED) is 0.463. The van der Waals surface area contributed by atoms with Crippen molar-refractivity contribution in [3.63, 3.8) is 0 Å². The molecule has 0 bridgehead atoms. The molecule has 0 saturated carbocycles. The molecule has 1 saturated heterocycles. The average Bonchev–Trinajstić information content (AvgIpc) is 2.83. The van der Waals surface area contributed by atoms with Crippen LogP contribution in [0.3, 0.4) is 0 Å². The highest BCUT2D eigenvalue weighted by atomic mass is 35.5. The van der Waals surface area contributed by atoms with Gasteiger partial charge in [-0.05, 0) is 44.0 Å². The van der Waals surface area contributed by atoms with E-state index in [4.69, 9.17) is 23.2 Å². The fraction of sp³-hybridized carbons (Fsp3) is 0.304. The fourth-order valence-corrected chi connectivity index (χ4v) is 4.30. The third-order valence-electron chi connectivity index (χ3n) is 5.78. The van der Waals surface area contributed by atoms with Gasteiger partial charge in [0.1, 0.15) is 6.33 Å². The Morgan fingerprint density at radius 3 is 2.70 bits per heavy atom. The summed E-state index contributed by atoms with van der Waals surface area (Å²) in [4.78, 5) is 26.5. The van der Waals surface area contributed by atoms with Crippen molar-refractivity contribution >= 4 is 40.5 Å². The Bertz CT molecular complexity index is 1130. The molecule has 2 aromatic heterocycles. The lowest BCUT2D eigenvalue weighted by Crippen LogP contribution is -2.41. The van der Waals surface area contributed by atoms with Gasteiger partial charge in [0, 0.05) is 31.5 Å². The molecular formula is C23H23Cl2FN6O. The molecule has 1 aliphatic rings. The number of carbonyl (C=O) groups excluding carboxylic acids is 1. The number of halogens is 3. The highest BCUT2D eigenvalue weighted by Gasteiger charge is 2.27. The van der Waals surface area contributed by atoms with Crippen LogP contribution < -0.4 is 10.6 Å². The molecule has 1 amide bonds. The van der Waals surface area contributed by atoms with Gasteiger partial charge in [-0.15, -0.1) is 0 Å². The smallest absolute Gasteiger partial charge is 0.257 e. The Balaban J connectivity index is 1.41. The van der Waals surface area contributed by atoms with Gasteiger partial charge in [0.15, 0.2) is 11.0 Å². The topological polar surface area (TPSA) is 83.0 Å². The van der Waals surface area contributed by atoms with Crippen LogP contribution in [-0.2, 0) is 0 Å². The van der Waals surface area contributed by atoms with E-state index in [1.165, 1.54) is 12.5 Å². The number of para-hydroxylation sites is 1. The Kier molecular flexibility index (Phi) is 7.37. The number of carbonyl (C=O) groups is 1. The highest BCUT2D eigenvalue weighted by molar-refractivity contribution is 6.34. The van der Waals surface area contributed by atoms with Gasteiger partial charge < -0.3 is 10.6 Å². The van der Waals surface area contributed by atoms with E-state index in [0.717, 1.165) is 25.9 Å². The lowest BCUT2D eigenvalue weighted by Gasteiger charge is -2.36. The summed E-state index contributed by atoms with van der Waals surface area (Å²) in [5, 5.41) is 6.75. The zero-order valence-electron chi connectivity index (χ0n) is 17.9. The summed E-state index contributed by atoms with van der Waals surface area (Å²) in [6, 6.07) is 8.70. The van der Waals surface area contributed by atoms with Crippen LogP contribution in [0.15, 0.2) is 49.1 Å². The summed E-state index contributed by atoms with van der Waals surface area (Å²) >= 11 is 12.3. The Labute approximate surface area is 201 Å². The molecule has 33 heavy (non-hydrogen) atoms. The molecule has 4 rings (SSSR count). The predicted octanol–water partition coefficient (Wildman–Crippen LogP) is 5.21. The van der Waals surface area contributed by atoms with Crippen molar-refractivity contribution < 1.29 is 9.18 Å². The predicted molar refractivity (Wildman–Crippen MR) is 127 cm³/mol. The maximum Gasteiger partial charge on any atom is 0.257 e. The molecule has 3 aromatic rings. The zero-order chi connectivity index (χ0) is 23.4. The largest absolute Gasteiger partial charge is 0.379 e. The molecule has 0 spiro atoms. The van der Waals surface area contributed by atoms with E-state index in [2.05, 4.69) is 30.5 Å². The van der Waals surface area contributed by atoms with Gasteiger partial charge in [0.25, 0.3) is 5.91 Å². The summed E-state index contributed by atoms with van der Waals surface area (Å²) in [5.74, 6) is -0.834. The summed E-state index contributed by atoms with van der Waals surface area (Å²) in [6.45, 7) is 3.39. The number of nitrogens with zero attached hydrogens (tertiary/aromatic N) is 4. The number of piperidine rings is 1. The SMILES string of the molecule is CC(c1ncnc(Cl)c1F)N1CCC(Nc2c(Cl)cccc2NC(=O)c2cccnc2)CC1. The summed E-state index contributed by atoms with van der Waals surface area (Å²) in [6.07, 6.45) is 6.03. The molecule has 3 heterocycles. The third kappa shape index (κ3) is 5.40. The van der Waals surface area contributed by atoms with Crippen molar-refractivity contribution in [1.29, 1.82) is 0 Å². The third-order valence-corrected chi connectivity index (χ3v) is 6.36. The summed E-state index contributed by atoms with van der Waals surface area (Å²) in [7, 11) is 0. The van der Waals surface area contributed by atoms with Crippen LogP contribution in [0.1, 0.15) is 41.9 Å². The van der Waals surface area contributed by atoms with Crippen LogP contribution in [0.5, 0.6) is 0 Å². The van der Waals surface area contributed by atoms with E-state index in [0.29, 0.717) is 27.7 Å². The second-order valence-electron chi connectivity index (χ2n) is 7.85. The molecule has 1 unspecified atom stereocenters. The van der Waals surface area contributed by atoms with Crippen molar-refractivity contribution in [2.45, 2.75) is 31.8 Å². The molecule has 0 aliphatic carbocycles. The molecule has 2 N–H and O–H groups in total. The van der Waals surface area contributed by atoms with Gasteiger partial charge in [-0.3, -0.25) is 14.7 Å². The second kappa shape index (κ2) is 10.4. The van der Waals surface area contributed by atoms with E-state index in [1.54, 1.807) is 36.5 Å². The molecule has 1 aliphatic heterocycles. The van der Waals surface area contributed by atoms with E-state index in [9.17, 15) is 9.18 Å². The normalized spacial score (nSPS) is 15.8.